The minimum Gasteiger partial charge on any atom is -0.495 e. The fourth-order valence-electron chi connectivity index (χ4n) is 2.28. The van der Waals surface area contributed by atoms with E-state index < -0.39 is 9.84 Å². The maximum atomic E-state index is 12.4. The zero-order chi connectivity index (χ0) is 13.2. The molecule has 0 bridgehead atoms. The first-order valence-electron chi connectivity index (χ1n) is 6.14. The first-order chi connectivity index (χ1) is 8.53. The van der Waals surface area contributed by atoms with Crippen molar-refractivity contribution in [2.45, 2.75) is 30.7 Å². The van der Waals surface area contributed by atoms with Crippen LogP contribution in [-0.4, -0.2) is 33.9 Å². The summed E-state index contributed by atoms with van der Waals surface area (Å²) in [7, 11) is -1.80. The molecule has 4 nitrogen and oxygen atoms in total. The molecule has 1 atom stereocenters. The Bertz CT molecular complexity index is 519. The molecule has 100 valence electrons. The molecule has 1 aromatic rings. The molecule has 18 heavy (non-hydrogen) atoms. The molecular weight excluding hydrogens is 250 g/mol. The first-order valence-corrected chi connectivity index (χ1v) is 7.79. The number of hydrogen-bond donors (Lipinski definition) is 1. The third-order valence-electron chi connectivity index (χ3n) is 3.24. The van der Waals surface area contributed by atoms with Gasteiger partial charge in [0.1, 0.15) is 10.6 Å². The van der Waals surface area contributed by atoms with E-state index in [0.717, 1.165) is 24.9 Å². The number of methoxy groups -OCH3 is 1. The topological polar surface area (TPSA) is 55.4 Å². The summed E-state index contributed by atoms with van der Waals surface area (Å²) >= 11 is 0. The number of hydrogen-bond acceptors (Lipinski definition) is 4. The SMILES string of the molecule is COc1ccc(C)cc1S(=O)(=O)C[C@@H]1CCCN1. The van der Waals surface area contributed by atoms with E-state index in [0.29, 0.717) is 10.6 Å². The first kappa shape index (κ1) is 13.4. The minimum absolute atomic E-state index is 0.0696. The third-order valence-corrected chi connectivity index (χ3v) is 5.07. The lowest BCUT2D eigenvalue weighted by molar-refractivity contribution is 0.402. The highest BCUT2D eigenvalue weighted by Gasteiger charge is 2.26. The van der Waals surface area contributed by atoms with E-state index in [4.69, 9.17) is 4.74 Å². The molecular formula is C13H19NO3S. The monoisotopic (exact) mass is 269 g/mol. The fraction of sp³-hybridized carbons (Fsp3) is 0.538. The summed E-state index contributed by atoms with van der Waals surface area (Å²) in [5.74, 6) is 0.575. The largest absolute Gasteiger partial charge is 0.495 e. The molecule has 5 heteroatoms. The zero-order valence-electron chi connectivity index (χ0n) is 10.8. The van der Waals surface area contributed by atoms with Crippen molar-refractivity contribution >= 4 is 9.84 Å². The number of ether oxygens (including phenoxy) is 1. The quantitative estimate of drug-likeness (QED) is 0.900. The predicted molar refractivity (Wildman–Crippen MR) is 70.8 cm³/mol. The van der Waals surface area contributed by atoms with E-state index in [-0.39, 0.29) is 11.8 Å². The summed E-state index contributed by atoms with van der Waals surface area (Å²) < 4.78 is 30.0. The van der Waals surface area contributed by atoms with Crippen molar-refractivity contribution in [3.05, 3.63) is 23.8 Å². The van der Waals surface area contributed by atoms with Crippen molar-refractivity contribution in [1.82, 2.24) is 5.32 Å². The molecule has 0 aliphatic carbocycles. The fourth-order valence-corrected chi connectivity index (χ4v) is 4.10. The molecule has 0 aromatic heterocycles. The van der Waals surface area contributed by atoms with Gasteiger partial charge in [-0.25, -0.2) is 8.42 Å². The van der Waals surface area contributed by atoms with Gasteiger partial charge >= 0.3 is 0 Å². The Balaban J connectivity index is 2.30. The van der Waals surface area contributed by atoms with Crippen LogP contribution in [0.2, 0.25) is 0 Å². The summed E-state index contributed by atoms with van der Waals surface area (Å²) in [5.41, 5.74) is 0.925. The Morgan fingerprint density at radius 3 is 2.83 bits per heavy atom. The van der Waals surface area contributed by atoms with Crippen LogP contribution >= 0.6 is 0 Å². The molecule has 1 fully saturated rings. The van der Waals surface area contributed by atoms with Crippen LogP contribution in [0.4, 0.5) is 0 Å². The predicted octanol–water partition coefficient (Wildman–Crippen LogP) is 1.53. The Labute approximate surface area is 108 Å². The van der Waals surface area contributed by atoms with Crippen LogP contribution in [0.5, 0.6) is 5.75 Å². The van der Waals surface area contributed by atoms with E-state index in [1.165, 1.54) is 7.11 Å². The van der Waals surface area contributed by atoms with Crippen LogP contribution in [0.3, 0.4) is 0 Å². The van der Waals surface area contributed by atoms with Gasteiger partial charge in [0.05, 0.1) is 12.9 Å². The summed E-state index contributed by atoms with van der Waals surface area (Å²) in [4.78, 5) is 0.304. The van der Waals surface area contributed by atoms with E-state index in [2.05, 4.69) is 5.32 Å². The average Bonchev–Trinajstić information content (AvgIpc) is 2.81. The second-order valence-electron chi connectivity index (χ2n) is 4.73. The Hall–Kier alpha value is -1.07. The second kappa shape index (κ2) is 5.28. The summed E-state index contributed by atoms with van der Waals surface area (Å²) in [5, 5.41) is 3.21. The molecule has 1 aliphatic heterocycles. The van der Waals surface area contributed by atoms with E-state index in [9.17, 15) is 8.42 Å². The lowest BCUT2D eigenvalue weighted by atomic mass is 10.2. The number of sulfone groups is 1. The van der Waals surface area contributed by atoms with Crippen molar-refractivity contribution in [2.75, 3.05) is 19.4 Å². The van der Waals surface area contributed by atoms with Crippen molar-refractivity contribution in [3.63, 3.8) is 0 Å². The van der Waals surface area contributed by atoms with Crippen molar-refractivity contribution in [2.24, 2.45) is 0 Å². The van der Waals surface area contributed by atoms with Gasteiger partial charge in [0, 0.05) is 6.04 Å². The van der Waals surface area contributed by atoms with Gasteiger partial charge in [-0.15, -0.1) is 0 Å². The van der Waals surface area contributed by atoms with Crippen molar-refractivity contribution in [3.8, 4) is 5.75 Å². The molecule has 0 unspecified atom stereocenters. The summed E-state index contributed by atoms with van der Waals surface area (Å²) in [6.45, 7) is 2.79. The Kier molecular flexibility index (Phi) is 3.92. The molecule has 1 heterocycles. The third kappa shape index (κ3) is 2.84. The van der Waals surface area contributed by atoms with Gasteiger partial charge < -0.3 is 10.1 Å². The lowest BCUT2D eigenvalue weighted by Gasteiger charge is -2.14. The lowest BCUT2D eigenvalue weighted by Crippen LogP contribution is -2.30. The summed E-state index contributed by atoms with van der Waals surface area (Å²) in [6, 6.07) is 5.32. The van der Waals surface area contributed by atoms with Gasteiger partial charge in [-0.2, -0.15) is 0 Å². The highest BCUT2D eigenvalue weighted by atomic mass is 32.2. The van der Waals surface area contributed by atoms with Gasteiger partial charge in [0.15, 0.2) is 9.84 Å². The van der Waals surface area contributed by atoms with Crippen LogP contribution < -0.4 is 10.1 Å². The van der Waals surface area contributed by atoms with E-state index in [1.54, 1.807) is 12.1 Å². The van der Waals surface area contributed by atoms with Crippen molar-refractivity contribution < 1.29 is 13.2 Å². The molecule has 1 saturated heterocycles. The van der Waals surface area contributed by atoms with Crippen molar-refractivity contribution in [1.29, 1.82) is 0 Å². The standard InChI is InChI=1S/C13H19NO3S/c1-10-5-6-12(17-2)13(8-10)18(15,16)9-11-4-3-7-14-11/h5-6,8,11,14H,3-4,7,9H2,1-2H3/t11-/m0/s1. The molecule has 2 rings (SSSR count). The maximum Gasteiger partial charge on any atom is 0.183 e. The van der Waals surface area contributed by atoms with Crippen LogP contribution in [0.25, 0.3) is 0 Å². The smallest absolute Gasteiger partial charge is 0.183 e. The van der Waals surface area contributed by atoms with Gasteiger partial charge in [0.25, 0.3) is 0 Å². The number of aryl methyl sites for hydroxylation is 1. The normalized spacial score (nSPS) is 20.0. The van der Waals surface area contributed by atoms with Gasteiger partial charge in [-0.05, 0) is 44.0 Å². The molecule has 1 aromatic carbocycles. The van der Waals surface area contributed by atoms with E-state index in [1.807, 2.05) is 13.0 Å². The van der Waals surface area contributed by atoms with Crippen LogP contribution in [-0.2, 0) is 9.84 Å². The molecule has 0 saturated carbocycles. The highest BCUT2D eigenvalue weighted by molar-refractivity contribution is 7.91. The highest BCUT2D eigenvalue weighted by Crippen LogP contribution is 2.27. The molecule has 0 amide bonds. The van der Waals surface area contributed by atoms with Gasteiger partial charge in [-0.1, -0.05) is 6.07 Å². The van der Waals surface area contributed by atoms with Crippen LogP contribution in [0, 0.1) is 6.92 Å². The van der Waals surface area contributed by atoms with E-state index >= 15 is 0 Å². The second-order valence-corrected chi connectivity index (χ2v) is 6.73. The molecule has 1 aliphatic rings. The maximum absolute atomic E-state index is 12.4. The van der Waals surface area contributed by atoms with Gasteiger partial charge in [0.2, 0.25) is 0 Å². The number of nitrogens with one attached hydrogen (secondary N) is 1. The summed E-state index contributed by atoms with van der Waals surface area (Å²) in [6.07, 6.45) is 1.97. The molecule has 0 radical (unpaired) electrons. The van der Waals surface area contributed by atoms with Gasteiger partial charge in [-0.3, -0.25) is 0 Å². The Morgan fingerprint density at radius 2 is 2.22 bits per heavy atom. The Morgan fingerprint density at radius 1 is 1.44 bits per heavy atom. The zero-order valence-corrected chi connectivity index (χ0v) is 11.6. The van der Waals surface area contributed by atoms with Crippen LogP contribution in [0.1, 0.15) is 18.4 Å². The molecule has 0 spiro atoms. The number of rotatable bonds is 4. The number of benzene rings is 1. The molecule has 1 N–H and O–H groups in total. The minimum atomic E-state index is -3.30. The van der Waals surface area contributed by atoms with Crippen LogP contribution in [0.15, 0.2) is 23.1 Å². The average molecular weight is 269 g/mol.